The second-order valence-electron chi connectivity index (χ2n) is 4.94. The molecule has 3 N–H and O–H groups in total. The van der Waals surface area contributed by atoms with Gasteiger partial charge in [-0.15, -0.1) is 11.3 Å². The van der Waals surface area contributed by atoms with Crippen LogP contribution in [-0.4, -0.2) is 12.6 Å². The smallest absolute Gasteiger partial charge is 0.0300 e. The topological polar surface area (TPSA) is 38.0 Å². The molecule has 1 aromatic heterocycles. The Bertz CT molecular complexity index is 326. The second kappa shape index (κ2) is 5.30. The van der Waals surface area contributed by atoms with Crippen LogP contribution in [0.1, 0.15) is 34.6 Å². The van der Waals surface area contributed by atoms with Crippen LogP contribution in [0.4, 0.5) is 0 Å². The third-order valence-electron chi connectivity index (χ3n) is 3.64. The van der Waals surface area contributed by atoms with Crippen LogP contribution >= 0.6 is 11.3 Å². The number of thiophene rings is 1. The highest BCUT2D eigenvalue weighted by Gasteiger charge is 2.23. The fourth-order valence-electron chi connectivity index (χ4n) is 2.44. The molecule has 1 saturated carbocycles. The first-order chi connectivity index (χ1) is 7.66. The van der Waals surface area contributed by atoms with Crippen molar-refractivity contribution in [3.8, 4) is 0 Å². The van der Waals surface area contributed by atoms with Crippen LogP contribution in [-0.2, 0) is 6.54 Å². The summed E-state index contributed by atoms with van der Waals surface area (Å²) in [7, 11) is 0. The van der Waals surface area contributed by atoms with Crippen molar-refractivity contribution in [3.63, 3.8) is 0 Å². The van der Waals surface area contributed by atoms with Crippen LogP contribution in [0.25, 0.3) is 0 Å². The second-order valence-corrected chi connectivity index (χ2v) is 6.28. The van der Waals surface area contributed by atoms with E-state index in [9.17, 15) is 0 Å². The van der Waals surface area contributed by atoms with Gasteiger partial charge >= 0.3 is 0 Å². The normalized spacial score (nSPS) is 25.2. The van der Waals surface area contributed by atoms with E-state index in [0.717, 1.165) is 13.1 Å². The minimum atomic E-state index is 0.430. The summed E-state index contributed by atoms with van der Waals surface area (Å²) in [5, 5.41) is 3.54. The Hall–Kier alpha value is -0.380. The molecule has 90 valence electrons. The van der Waals surface area contributed by atoms with E-state index in [2.05, 4.69) is 25.2 Å². The first-order valence-corrected chi connectivity index (χ1v) is 7.00. The Morgan fingerprint density at radius 3 is 2.81 bits per heavy atom. The lowest BCUT2D eigenvalue weighted by molar-refractivity contribution is 0.443. The van der Waals surface area contributed by atoms with E-state index in [1.165, 1.54) is 34.6 Å². The van der Waals surface area contributed by atoms with E-state index in [1.54, 1.807) is 0 Å². The molecule has 2 atom stereocenters. The molecule has 16 heavy (non-hydrogen) atoms. The predicted octanol–water partition coefficient (Wildman–Crippen LogP) is 2.58. The van der Waals surface area contributed by atoms with E-state index in [1.807, 2.05) is 11.3 Å². The third-order valence-corrected chi connectivity index (χ3v) is 4.79. The molecule has 0 bridgehead atoms. The fraction of sp³-hybridized carbons (Fsp3) is 0.692. The van der Waals surface area contributed by atoms with Crippen LogP contribution < -0.4 is 11.1 Å². The van der Waals surface area contributed by atoms with Gasteiger partial charge in [0, 0.05) is 22.3 Å². The Labute approximate surface area is 102 Å². The van der Waals surface area contributed by atoms with Crippen molar-refractivity contribution in [1.82, 2.24) is 5.32 Å². The van der Waals surface area contributed by atoms with E-state index < -0.39 is 0 Å². The van der Waals surface area contributed by atoms with Crippen molar-refractivity contribution in [3.05, 3.63) is 21.4 Å². The molecule has 1 fully saturated rings. The van der Waals surface area contributed by atoms with E-state index in [-0.39, 0.29) is 0 Å². The van der Waals surface area contributed by atoms with E-state index in [0.29, 0.717) is 12.0 Å². The minimum absolute atomic E-state index is 0.430. The molecule has 0 aromatic carbocycles. The van der Waals surface area contributed by atoms with Gasteiger partial charge in [0.25, 0.3) is 0 Å². The summed E-state index contributed by atoms with van der Waals surface area (Å²) >= 11 is 1.90. The number of nitrogens with two attached hydrogens (primary N) is 1. The SMILES string of the molecule is Cc1cc(CNCC2CCCC2N)sc1C. The maximum atomic E-state index is 6.05. The molecule has 0 saturated heterocycles. The van der Waals surface area contributed by atoms with Crippen LogP contribution in [0, 0.1) is 19.8 Å². The molecular formula is C13H22N2S. The van der Waals surface area contributed by atoms with Crippen molar-refractivity contribution >= 4 is 11.3 Å². The Morgan fingerprint density at radius 1 is 1.44 bits per heavy atom. The van der Waals surface area contributed by atoms with Gasteiger partial charge in [-0.1, -0.05) is 6.42 Å². The van der Waals surface area contributed by atoms with Crippen molar-refractivity contribution in [2.24, 2.45) is 11.7 Å². The summed E-state index contributed by atoms with van der Waals surface area (Å²) < 4.78 is 0. The van der Waals surface area contributed by atoms with Crippen LogP contribution in [0.5, 0.6) is 0 Å². The van der Waals surface area contributed by atoms with Gasteiger partial charge in [0.15, 0.2) is 0 Å². The molecule has 2 nitrogen and oxygen atoms in total. The van der Waals surface area contributed by atoms with Crippen LogP contribution in [0.3, 0.4) is 0 Å². The van der Waals surface area contributed by atoms with Crippen LogP contribution in [0.15, 0.2) is 6.07 Å². The lowest BCUT2D eigenvalue weighted by Gasteiger charge is -2.15. The molecule has 2 unspecified atom stereocenters. The van der Waals surface area contributed by atoms with Crippen molar-refractivity contribution in [2.45, 2.75) is 45.7 Å². The zero-order valence-electron chi connectivity index (χ0n) is 10.3. The Morgan fingerprint density at radius 2 is 2.25 bits per heavy atom. The zero-order chi connectivity index (χ0) is 11.5. The summed E-state index contributed by atoms with van der Waals surface area (Å²) in [5.74, 6) is 0.696. The number of rotatable bonds is 4. The summed E-state index contributed by atoms with van der Waals surface area (Å²) in [6.45, 7) is 6.46. The molecule has 1 aliphatic carbocycles. The summed E-state index contributed by atoms with van der Waals surface area (Å²) in [5.41, 5.74) is 7.47. The lowest BCUT2D eigenvalue weighted by atomic mass is 10.1. The Balaban J connectivity index is 1.75. The molecule has 0 amide bonds. The third kappa shape index (κ3) is 2.84. The molecule has 1 aliphatic rings. The van der Waals surface area contributed by atoms with Gasteiger partial charge in [-0.3, -0.25) is 0 Å². The molecule has 3 heteroatoms. The molecule has 1 heterocycles. The first kappa shape index (κ1) is 12.1. The highest BCUT2D eigenvalue weighted by atomic mass is 32.1. The summed E-state index contributed by atoms with van der Waals surface area (Å²) in [4.78, 5) is 2.89. The van der Waals surface area contributed by atoms with E-state index in [4.69, 9.17) is 5.73 Å². The predicted molar refractivity (Wildman–Crippen MR) is 70.8 cm³/mol. The average molecular weight is 238 g/mol. The monoisotopic (exact) mass is 238 g/mol. The highest BCUT2D eigenvalue weighted by Crippen LogP contribution is 2.24. The zero-order valence-corrected chi connectivity index (χ0v) is 11.1. The standard InChI is InChI=1S/C13H22N2S/c1-9-6-12(16-10(9)2)8-15-7-11-4-3-5-13(11)14/h6,11,13,15H,3-5,7-8,14H2,1-2H3. The Kier molecular flexibility index (Phi) is 4.00. The molecule has 0 radical (unpaired) electrons. The summed E-state index contributed by atoms with van der Waals surface area (Å²) in [6.07, 6.45) is 3.82. The average Bonchev–Trinajstić information content (AvgIpc) is 2.76. The fourth-order valence-corrected chi connectivity index (χ4v) is 3.46. The van der Waals surface area contributed by atoms with Gasteiger partial charge in [-0.25, -0.2) is 0 Å². The number of nitrogens with one attached hydrogen (secondary N) is 1. The number of aryl methyl sites for hydroxylation is 2. The minimum Gasteiger partial charge on any atom is -0.327 e. The van der Waals surface area contributed by atoms with Gasteiger partial charge < -0.3 is 11.1 Å². The quantitative estimate of drug-likeness (QED) is 0.846. The van der Waals surface area contributed by atoms with Crippen molar-refractivity contribution < 1.29 is 0 Å². The maximum Gasteiger partial charge on any atom is 0.0300 e. The van der Waals surface area contributed by atoms with Crippen LogP contribution in [0.2, 0.25) is 0 Å². The molecule has 2 rings (SSSR count). The molecular weight excluding hydrogens is 216 g/mol. The van der Waals surface area contributed by atoms with Crippen molar-refractivity contribution in [1.29, 1.82) is 0 Å². The van der Waals surface area contributed by atoms with Gasteiger partial charge in [0.05, 0.1) is 0 Å². The lowest BCUT2D eigenvalue weighted by Crippen LogP contribution is -2.32. The molecule has 1 aromatic rings. The maximum absolute atomic E-state index is 6.05. The van der Waals surface area contributed by atoms with E-state index >= 15 is 0 Å². The summed E-state index contributed by atoms with van der Waals surface area (Å²) in [6, 6.07) is 2.72. The first-order valence-electron chi connectivity index (χ1n) is 6.19. The molecule has 0 spiro atoms. The highest BCUT2D eigenvalue weighted by molar-refractivity contribution is 7.12. The van der Waals surface area contributed by atoms with Gasteiger partial charge in [0.2, 0.25) is 0 Å². The number of hydrogen-bond acceptors (Lipinski definition) is 3. The number of hydrogen-bond donors (Lipinski definition) is 2. The van der Waals surface area contributed by atoms with Crippen molar-refractivity contribution in [2.75, 3.05) is 6.54 Å². The largest absolute Gasteiger partial charge is 0.327 e. The molecule has 0 aliphatic heterocycles. The van der Waals surface area contributed by atoms with Gasteiger partial charge in [0.1, 0.15) is 0 Å². The van der Waals surface area contributed by atoms with Gasteiger partial charge in [-0.05, 0) is 50.8 Å². The van der Waals surface area contributed by atoms with Gasteiger partial charge in [-0.2, -0.15) is 0 Å².